The van der Waals surface area contributed by atoms with Crippen molar-refractivity contribution in [1.82, 2.24) is 19.9 Å². The van der Waals surface area contributed by atoms with Gasteiger partial charge in [-0.15, -0.1) is 5.10 Å². The first-order valence-electron chi connectivity index (χ1n) is 9.30. The molecule has 1 atom stereocenters. The number of aromatic nitrogens is 3. The van der Waals surface area contributed by atoms with E-state index in [0.717, 1.165) is 54.9 Å². The molecule has 6 nitrogen and oxygen atoms in total. The summed E-state index contributed by atoms with van der Waals surface area (Å²) in [5.41, 5.74) is 9.43. The van der Waals surface area contributed by atoms with Crippen LogP contribution in [0.1, 0.15) is 53.9 Å². The number of likely N-dealkylation sites (tertiary alicyclic amines) is 1. The van der Waals surface area contributed by atoms with E-state index in [9.17, 15) is 4.79 Å². The number of rotatable bonds is 4. The molecule has 6 heteroatoms. The lowest BCUT2D eigenvalue weighted by Crippen LogP contribution is -2.41. The summed E-state index contributed by atoms with van der Waals surface area (Å²) in [5.74, 6) is 0.520. The first-order chi connectivity index (χ1) is 12.3. The van der Waals surface area contributed by atoms with Crippen molar-refractivity contribution in [3.63, 3.8) is 0 Å². The van der Waals surface area contributed by atoms with Gasteiger partial charge in [-0.05, 0) is 63.6 Å². The molecular formula is C20H29N5O. The molecule has 140 valence electrons. The number of nitrogens with two attached hydrogens (primary N) is 1. The molecule has 0 saturated carbocycles. The van der Waals surface area contributed by atoms with E-state index in [-0.39, 0.29) is 5.91 Å². The van der Waals surface area contributed by atoms with Crippen LogP contribution in [0.3, 0.4) is 0 Å². The van der Waals surface area contributed by atoms with Gasteiger partial charge in [0.15, 0.2) is 0 Å². The van der Waals surface area contributed by atoms with Gasteiger partial charge in [0.2, 0.25) is 0 Å². The maximum Gasteiger partial charge on any atom is 0.254 e. The Morgan fingerprint density at radius 1 is 1.35 bits per heavy atom. The van der Waals surface area contributed by atoms with Gasteiger partial charge in [0.1, 0.15) is 5.69 Å². The van der Waals surface area contributed by atoms with E-state index in [2.05, 4.69) is 10.3 Å². The molecule has 0 aliphatic carbocycles. The summed E-state index contributed by atoms with van der Waals surface area (Å²) in [4.78, 5) is 15.0. The zero-order chi connectivity index (χ0) is 18.9. The van der Waals surface area contributed by atoms with Gasteiger partial charge in [0.05, 0.1) is 11.7 Å². The van der Waals surface area contributed by atoms with Crippen molar-refractivity contribution >= 4 is 5.91 Å². The zero-order valence-corrected chi connectivity index (χ0v) is 16.2. The van der Waals surface area contributed by atoms with Crippen molar-refractivity contribution in [2.45, 2.75) is 52.6 Å². The number of nitrogens with zero attached hydrogens (tertiary/aromatic N) is 4. The lowest BCUT2D eigenvalue weighted by atomic mass is 9.96. The second kappa shape index (κ2) is 7.19. The van der Waals surface area contributed by atoms with Crippen LogP contribution in [0, 0.1) is 19.8 Å². The van der Waals surface area contributed by atoms with Gasteiger partial charge in [-0.1, -0.05) is 17.3 Å². The van der Waals surface area contributed by atoms with E-state index < -0.39 is 5.54 Å². The lowest BCUT2D eigenvalue weighted by Gasteiger charge is -2.33. The van der Waals surface area contributed by atoms with E-state index in [1.807, 2.05) is 61.7 Å². The number of aryl methyl sites for hydroxylation is 1. The molecule has 0 bridgehead atoms. The van der Waals surface area contributed by atoms with Crippen molar-refractivity contribution in [3.8, 4) is 0 Å². The SMILES string of the molecule is Cc1cccc(C(=O)N2CCCC(Cn3cc(C(C)(C)N)nn3)C2)c1C. The van der Waals surface area contributed by atoms with Gasteiger partial charge in [-0.3, -0.25) is 9.48 Å². The quantitative estimate of drug-likeness (QED) is 0.915. The maximum absolute atomic E-state index is 13.0. The summed E-state index contributed by atoms with van der Waals surface area (Å²) in [6, 6.07) is 5.94. The summed E-state index contributed by atoms with van der Waals surface area (Å²) in [7, 11) is 0. The van der Waals surface area contributed by atoms with Gasteiger partial charge in [-0.2, -0.15) is 0 Å². The Morgan fingerprint density at radius 2 is 2.12 bits per heavy atom. The number of piperidine rings is 1. The second-order valence-electron chi connectivity index (χ2n) is 8.05. The van der Waals surface area contributed by atoms with E-state index in [0.29, 0.717) is 5.92 Å². The molecule has 2 heterocycles. The summed E-state index contributed by atoms with van der Waals surface area (Å²) in [6.45, 7) is 10.3. The maximum atomic E-state index is 13.0. The van der Waals surface area contributed by atoms with Crippen LogP contribution in [-0.4, -0.2) is 38.9 Å². The highest BCUT2D eigenvalue weighted by molar-refractivity contribution is 5.96. The minimum Gasteiger partial charge on any atom is -0.338 e. The van der Waals surface area contributed by atoms with Gasteiger partial charge < -0.3 is 10.6 Å². The van der Waals surface area contributed by atoms with Crippen molar-refractivity contribution in [3.05, 3.63) is 46.8 Å². The van der Waals surface area contributed by atoms with Crippen LogP contribution in [0.25, 0.3) is 0 Å². The standard InChI is InChI=1S/C20H29N5O/c1-14-7-5-9-17(15(14)2)19(26)24-10-6-8-16(11-24)12-25-13-18(22-23-25)20(3,4)21/h5,7,9,13,16H,6,8,10-12,21H2,1-4H3. The Kier molecular flexibility index (Phi) is 5.14. The fourth-order valence-corrected chi connectivity index (χ4v) is 3.50. The summed E-state index contributed by atoms with van der Waals surface area (Å²) >= 11 is 0. The molecule has 1 saturated heterocycles. The first kappa shape index (κ1) is 18.6. The van der Waals surface area contributed by atoms with Crippen molar-refractivity contribution in [2.75, 3.05) is 13.1 Å². The molecule has 2 aromatic rings. The van der Waals surface area contributed by atoms with Gasteiger partial charge in [-0.25, -0.2) is 0 Å². The van der Waals surface area contributed by atoms with Crippen molar-refractivity contribution < 1.29 is 4.79 Å². The normalized spacial score (nSPS) is 18.2. The number of amides is 1. The van der Waals surface area contributed by atoms with Gasteiger partial charge in [0, 0.05) is 25.2 Å². The van der Waals surface area contributed by atoms with Crippen molar-refractivity contribution in [2.24, 2.45) is 11.7 Å². The fraction of sp³-hybridized carbons (Fsp3) is 0.550. The van der Waals surface area contributed by atoms with Crippen LogP contribution in [0.5, 0.6) is 0 Å². The number of hydrogen-bond acceptors (Lipinski definition) is 4. The fourth-order valence-electron chi connectivity index (χ4n) is 3.50. The molecule has 1 aromatic heterocycles. The summed E-state index contributed by atoms with van der Waals surface area (Å²) in [6.07, 6.45) is 4.04. The Bertz CT molecular complexity index is 790. The molecule has 26 heavy (non-hydrogen) atoms. The molecule has 1 aromatic carbocycles. The average Bonchev–Trinajstić information content (AvgIpc) is 3.06. The highest BCUT2D eigenvalue weighted by atomic mass is 16.2. The number of hydrogen-bond donors (Lipinski definition) is 1. The number of carbonyl (C=O) groups excluding carboxylic acids is 1. The molecular weight excluding hydrogens is 326 g/mol. The predicted octanol–water partition coefficient (Wildman–Crippen LogP) is 2.64. The van der Waals surface area contributed by atoms with Crippen LogP contribution in [0.15, 0.2) is 24.4 Å². The Balaban J connectivity index is 1.68. The Hall–Kier alpha value is -2.21. The average molecular weight is 355 g/mol. The monoisotopic (exact) mass is 355 g/mol. The van der Waals surface area contributed by atoms with Crippen LogP contribution in [-0.2, 0) is 12.1 Å². The van der Waals surface area contributed by atoms with Gasteiger partial charge in [0.25, 0.3) is 5.91 Å². The molecule has 1 aliphatic rings. The lowest BCUT2D eigenvalue weighted by molar-refractivity contribution is 0.0658. The molecule has 1 aliphatic heterocycles. The van der Waals surface area contributed by atoms with E-state index in [4.69, 9.17) is 5.73 Å². The Labute approximate surface area is 155 Å². The molecule has 1 unspecified atom stereocenters. The smallest absolute Gasteiger partial charge is 0.254 e. The number of carbonyl (C=O) groups is 1. The third-order valence-corrected chi connectivity index (χ3v) is 5.29. The Morgan fingerprint density at radius 3 is 2.81 bits per heavy atom. The minimum absolute atomic E-state index is 0.137. The number of benzene rings is 1. The molecule has 1 amide bonds. The van der Waals surface area contributed by atoms with Crippen LogP contribution >= 0.6 is 0 Å². The first-order valence-corrected chi connectivity index (χ1v) is 9.30. The van der Waals surface area contributed by atoms with E-state index in [1.165, 1.54) is 0 Å². The second-order valence-corrected chi connectivity index (χ2v) is 8.05. The topological polar surface area (TPSA) is 77.0 Å². The van der Waals surface area contributed by atoms with Gasteiger partial charge >= 0.3 is 0 Å². The zero-order valence-electron chi connectivity index (χ0n) is 16.2. The molecule has 2 N–H and O–H groups in total. The van der Waals surface area contributed by atoms with Crippen LogP contribution in [0.2, 0.25) is 0 Å². The highest BCUT2D eigenvalue weighted by Gasteiger charge is 2.26. The predicted molar refractivity (Wildman–Crippen MR) is 102 cm³/mol. The molecule has 1 fully saturated rings. The molecule has 0 radical (unpaired) electrons. The summed E-state index contributed by atoms with van der Waals surface area (Å²) in [5, 5.41) is 8.40. The molecule has 3 rings (SSSR count). The van der Waals surface area contributed by atoms with Crippen LogP contribution in [0.4, 0.5) is 0 Å². The highest BCUT2D eigenvalue weighted by Crippen LogP contribution is 2.22. The summed E-state index contributed by atoms with van der Waals surface area (Å²) < 4.78 is 1.86. The minimum atomic E-state index is -0.491. The molecule has 0 spiro atoms. The van der Waals surface area contributed by atoms with Crippen molar-refractivity contribution in [1.29, 1.82) is 0 Å². The third-order valence-electron chi connectivity index (χ3n) is 5.29. The van der Waals surface area contributed by atoms with E-state index in [1.54, 1.807) is 0 Å². The third kappa shape index (κ3) is 3.96. The van der Waals surface area contributed by atoms with E-state index >= 15 is 0 Å². The largest absolute Gasteiger partial charge is 0.338 e. The van der Waals surface area contributed by atoms with Crippen LogP contribution < -0.4 is 5.73 Å².